The van der Waals surface area contributed by atoms with Crippen LogP contribution in [0.2, 0.25) is 0 Å². The van der Waals surface area contributed by atoms with Gasteiger partial charge in [-0.15, -0.1) is 0 Å². The van der Waals surface area contributed by atoms with Gasteiger partial charge in [-0.25, -0.2) is 25.8 Å². The molecule has 2 rings (SSSR count). The molecule has 3 N–H and O–H groups in total. The quantitative estimate of drug-likeness (QED) is 0.611. The molecule has 0 atom stereocenters. The molecule has 0 saturated heterocycles. The van der Waals surface area contributed by atoms with Crippen molar-refractivity contribution in [3.05, 3.63) is 30.2 Å². The van der Waals surface area contributed by atoms with Crippen molar-refractivity contribution in [2.45, 2.75) is 19.8 Å². The molecule has 0 amide bonds. The van der Waals surface area contributed by atoms with Crippen LogP contribution in [0.4, 0.5) is 5.82 Å². The number of hydrogen-bond acceptors (Lipinski definition) is 6. The van der Waals surface area contributed by atoms with Gasteiger partial charge in [0, 0.05) is 24.2 Å². The molecule has 0 bridgehead atoms. The Morgan fingerprint density at radius 3 is 2.41 bits per heavy atom. The van der Waals surface area contributed by atoms with E-state index in [2.05, 4.69) is 39.2 Å². The lowest BCUT2D eigenvalue weighted by Crippen LogP contribution is -2.11. The summed E-state index contributed by atoms with van der Waals surface area (Å²) in [5, 5.41) is 0. The number of anilines is 1. The monoisotopic (exact) mass is 230 g/mol. The highest BCUT2D eigenvalue weighted by Crippen LogP contribution is 2.18. The summed E-state index contributed by atoms with van der Waals surface area (Å²) in [5.41, 5.74) is 3.42. The van der Waals surface area contributed by atoms with Gasteiger partial charge in [0.1, 0.15) is 5.82 Å². The Hall–Kier alpha value is -2.08. The first kappa shape index (κ1) is 11.4. The minimum absolute atomic E-state index is 0.285. The van der Waals surface area contributed by atoms with Gasteiger partial charge in [0.05, 0.1) is 0 Å². The van der Waals surface area contributed by atoms with E-state index in [1.807, 2.05) is 6.07 Å². The van der Waals surface area contributed by atoms with Gasteiger partial charge in [-0.3, -0.25) is 0 Å². The number of hydrogen-bond donors (Lipinski definition) is 2. The Bertz CT molecular complexity index is 497. The van der Waals surface area contributed by atoms with Crippen LogP contribution in [0.5, 0.6) is 0 Å². The van der Waals surface area contributed by atoms with Crippen LogP contribution in [-0.2, 0) is 0 Å². The van der Waals surface area contributed by atoms with Crippen LogP contribution in [0.3, 0.4) is 0 Å². The Balaban J connectivity index is 2.50. The van der Waals surface area contributed by atoms with Crippen LogP contribution in [0, 0.1) is 0 Å². The van der Waals surface area contributed by atoms with Crippen LogP contribution < -0.4 is 11.3 Å². The molecule has 0 unspecified atom stereocenters. The average molecular weight is 230 g/mol. The van der Waals surface area contributed by atoms with Crippen molar-refractivity contribution in [2.24, 2.45) is 5.84 Å². The highest BCUT2D eigenvalue weighted by molar-refractivity contribution is 5.48. The molecule has 2 aromatic rings. The molecule has 2 heterocycles. The van der Waals surface area contributed by atoms with E-state index in [0.717, 1.165) is 5.69 Å². The van der Waals surface area contributed by atoms with Crippen LogP contribution in [0.1, 0.15) is 25.5 Å². The molecule has 0 aromatic carbocycles. The Morgan fingerprint density at radius 2 is 1.82 bits per heavy atom. The summed E-state index contributed by atoms with van der Waals surface area (Å²) in [4.78, 5) is 16.9. The molecule has 88 valence electrons. The van der Waals surface area contributed by atoms with E-state index in [1.54, 1.807) is 18.5 Å². The number of rotatable bonds is 3. The fourth-order valence-electron chi connectivity index (χ4n) is 1.35. The second kappa shape index (κ2) is 4.84. The van der Waals surface area contributed by atoms with Crippen LogP contribution in [0.25, 0.3) is 11.6 Å². The SMILES string of the molecule is CC(C)c1cc(NN)nc(-c2ncccn2)n1. The van der Waals surface area contributed by atoms with Gasteiger partial charge in [-0.1, -0.05) is 13.8 Å². The molecule has 0 aliphatic heterocycles. The first-order valence-corrected chi connectivity index (χ1v) is 5.33. The van der Waals surface area contributed by atoms with Gasteiger partial charge in [0.2, 0.25) is 0 Å². The lowest BCUT2D eigenvalue weighted by atomic mass is 10.1. The van der Waals surface area contributed by atoms with Gasteiger partial charge < -0.3 is 5.43 Å². The number of nitrogen functional groups attached to an aromatic ring is 1. The van der Waals surface area contributed by atoms with Gasteiger partial charge in [0.15, 0.2) is 11.6 Å². The summed E-state index contributed by atoms with van der Waals surface area (Å²) in [6.07, 6.45) is 3.31. The molecule has 0 aliphatic rings. The average Bonchev–Trinajstić information content (AvgIpc) is 2.39. The topological polar surface area (TPSA) is 89.6 Å². The Kier molecular flexibility index (Phi) is 3.24. The molecular weight excluding hydrogens is 216 g/mol. The van der Waals surface area contributed by atoms with E-state index in [9.17, 15) is 0 Å². The van der Waals surface area contributed by atoms with Crippen molar-refractivity contribution in [1.82, 2.24) is 19.9 Å². The fourth-order valence-corrected chi connectivity index (χ4v) is 1.35. The number of nitrogens with two attached hydrogens (primary N) is 1. The maximum atomic E-state index is 5.38. The molecule has 6 nitrogen and oxygen atoms in total. The maximum Gasteiger partial charge on any atom is 0.199 e. The number of hydrazine groups is 1. The highest BCUT2D eigenvalue weighted by Gasteiger charge is 2.10. The normalized spacial score (nSPS) is 10.6. The zero-order valence-corrected chi connectivity index (χ0v) is 9.75. The van der Waals surface area contributed by atoms with Crippen LogP contribution in [-0.4, -0.2) is 19.9 Å². The Morgan fingerprint density at radius 1 is 1.12 bits per heavy atom. The molecule has 6 heteroatoms. The second-order valence-corrected chi connectivity index (χ2v) is 3.87. The summed E-state index contributed by atoms with van der Waals surface area (Å²) in [6, 6.07) is 3.56. The molecule has 17 heavy (non-hydrogen) atoms. The van der Waals surface area contributed by atoms with Crippen molar-refractivity contribution in [1.29, 1.82) is 0 Å². The van der Waals surface area contributed by atoms with E-state index < -0.39 is 0 Å². The van der Waals surface area contributed by atoms with Crippen molar-refractivity contribution in [3.63, 3.8) is 0 Å². The summed E-state index contributed by atoms with van der Waals surface area (Å²) < 4.78 is 0. The van der Waals surface area contributed by atoms with Crippen LogP contribution in [0.15, 0.2) is 24.5 Å². The number of aromatic nitrogens is 4. The smallest absolute Gasteiger partial charge is 0.199 e. The first-order valence-electron chi connectivity index (χ1n) is 5.33. The third kappa shape index (κ3) is 2.54. The van der Waals surface area contributed by atoms with Crippen LogP contribution >= 0.6 is 0 Å². The third-order valence-electron chi connectivity index (χ3n) is 2.25. The number of nitrogens with zero attached hydrogens (tertiary/aromatic N) is 4. The summed E-state index contributed by atoms with van der Waals surface area (Å²) in [5.74, 6) is 7.20. The molecular formula is C11H14N6. The van der Waals surface area contributed by atoms with Crippen molar-refractivity contribution >= 4 is 5.82 Å². The predicted molar refractivity (Wildman–Crippen MR) is 65.0 cm³/mol. The lowest BCUT2D eigenvalue weighted by Gasteiger charge is -2.08. The molecule has 0 radical (unpaired) electrons. The van der Waals surface area contributed by atoms with Crippen molar-refractivity contribution in [3.8, 4) is 11.6 Å². The maximum absolute atomic E-state index is 5.38. The minimum atomic E-state index is 0.285. The zero-order chi connectivity index (χ0) is 12.3. The third-order valence-corrected chi connectivity index (χ3v) is 2.25. The van der Waals surface area contributed by atoms with Crippen molar-refractivity contribution in [2.75, 3.05) is 5.43 Å². The highest BCUT2D eigenvalue weighted by atomic mass is 15.3. The largest absolute Gasteiger partial charge is 0.308 e. The molecule has 0 aliphatic carbocycles. The second-order valence-electron chi connectivity index (χ2n) is 3.87. The molecule has 0 spiro atoms. The predicted octanol–water partition coefficient (Wildman–Crippen LogP) is 1.34. The van der Waals surface area contributed by atoms with Gasteiger partial charge in [-0.2, -0.15) is 0 Å². The van der Waals surface area contributed by atoms with Gasteiger partial charge >= 0.3 is 0 Å². The minimum Gasteiger partial charge on any atom is -0.308 e. The van der Waals surface area contributed by atoms with E-state index in [0.29, 0.717) is 17.5 Å². The summed E-state index contributed by atoms with van der Waals surface area (Å²) >= 11 is 0. The van der Waals surface area contributed by atoms with Gasteiger partial charge in [-0.05, 0) is 12.0 Å². The van der Waals surface area contributed by atoms with Gasteiger partial charge in [0.25, 0.3) is 0 Å². The fraction of sp³-hybridized carbons (Fsp3) is 0.273. The van der Waals surface area contributed by atoms with Crippen molar-refractivity contribution < 1.29 is 0 Å². The first-order chi connectivity index (χ1) is 8.20. The summed E-state index contributed by atoms with van der Waals surface area (Å²) in [7, 11) is 0. The molecule has 2 aromatic heterocycles. The Labute approximate surface area is 99.3 Å². The molecule has 0 saturated carbocycles. The standard InChI is InChI=1S/C11H14N6/c1-7(2)8-6-9(17-12)16-11(15-8)10-13-4-3-5-14-10/h3-7H,12H2,1-2H3,(H,15,16,17). The molecule has 0 fully saturated rings. The lowest BCUT2D eigenvalue weighted by molar-refractivity contribution is 0.814. The van der Waals surface area contributed by atoms with E-state index >= 15 is 0 Å². The zero-order valence-electron chi connectivity index (χ0n) is 9.75. The number of nitrogens with one attached hydrogen (secondary N) is 1. The van der Waals surface area contributed by atoms with E-state index in [1.165, 1.54) is 0 Å². The summed E-state index contributed by atoms with van der Waals surface area (Å²) in [6.45, 7) is 4.11. The van der Waals surface area contributed by atoms with E-state index in [-0.39, 0.29) is 5.92 Å². The van der Waals surface area contributed by atoms with E-state index in [4.69, 9.17) is 5.84 Å².